The number of methoxy groups -OCH3 is 1. The van der Waals surface area contributed by atoms with Crippen LogP contribution in [0.15, 0.2) is 22.8 Å². The van der Waals surface area contributed by atoms with Gasteiger partial charge in [-0.2, -0.15) is 5.10 Å². The molecule has 2 heterocycles. The normalized spacial score (nSPS) is 12.8. The maximum Gasteiger partial charge on any atom is 0.0981 e. The first-order chi connectivity index (χ1) is 9.71. The van der Waals surface area contributed by atoms with E-state index in [0.717, 1.165) is 16.6 Å². The third-order valence-corrected chi connectivity index (χ3v) is 5.00. The largest absolute Gasteiger partial charge is 0.383 e. The van der Waals surface area contributed by atoms with Crippen molar-refractivity contribution < 1.29 is 4.74 Å². The monoisotopic (exact) mass is 358 g/mol. The van der Waals surface area contributed by atoms with Crippen LogP contribution in [0.5, 0.6) is 0 Å². The lowest BCUT2D eigenvalue weighted by molar-refractivity contribution is 0.182. The predicted octanol–water partition coefficient (Wildman–Crippen LogP) is 2.47. The van der Waals surface area contributed by atoms with Crippen LogP contribution in [0.4, 0.5) is 0 Å². The molecule has 0 saturated heterocycles. The molecule has 0 aliphatic rings. The van der Waals surface area contributed by atoms with E-state index in [1.54, 1.807) is 24.6 Å². The van der Waals surface area contributed by atoms with Gasteiger partial charge in [-0.1, -0.05) is 6.92 Å². The fraction of sp³-hybridized carbons (Fsp3) is 0.462. The number of rotatable bonds is 7. The Morgan fingerprint density at radius 1 is 1.55 bits per heavy atom. The SMILES string of the molecule is CCc1ccc(C(NN)c2c(Br)cnn2CCOC)s1. The van der Waals surface area contributed by atoms with Gasteiger partial charge in [0.1, 0.15) is 0 Å². The molecule has 0 bridgehead atoms. The molecule has 1 unspecified atom stereocenters. The third kappa shape index (κ3) is 3.29. The molecule has 1 atom stereocenters. The van der Waals surface area contributed by atoms with Crippen LogP contribution in [0.2, 0.25) is 0 Å². The summed E-state index contributed by atoms with van der Waals surface area (Å²) in [5, 5.41) is 4.37. The van der Waals surface area contributed by atoms with Crippen LogP contribution in [0.1, 0.15) is 28.4 Å². The second kappa shape index (κ2) is 7.33. The zero-order valence-corrected chi connectivity index (χ0v) is 14.0. The van der Waals surface area contributed by atoms with E-state index in [2.05, 4.69) is 45.5 Å². The minimum Gasteiger partial charge on any atom is -0.383 e. The Balaban J connectivity index is 2.33. The number of thiophene rings is 1. The van der Waals surface area contributed by atoms with Crippen LogP contribution in [0, 0.1) is 0 Å². The zero-order valence-electron chi connectivity index (χ0n) is 11.6. The van der Waals surface area contributed by atoms with E-state index in [1.807, 2.05) is 4.68 Å². The van der Waals surface area contributed by atoms with Crippen molar-refractivity contribution in [1.29, 1.82) is 0 Å². The van der Waals surface area contributed by atoms with Crippen LogP contribution < -0.4 is 11.3 Å². The molecular weight excluding hydrogens is 340 g/mol. The van der Waals surface area contributed by atoms with Crippen LogP contribution in [-0.2, 0) is 17.7 Å². The number of aryl methyl sites for hydroxylation is 1. The number of hydrazine groups is 1. The summed E-state index contributed by atoms with van der Waals surface area (Å²) in [5.41, 5.74) is 3.92. The Morgan fingerprint density at radius 3 is 2.95 bits per heavy atom. The first-order valence-corrected chi connectivity index (χ1v) is 8.07. The molecule has 2 aromatic rings. The number of aromatic nitrogens is 2. The minimum absolute atomic E-state index is 0.0750. The smallest absolute Gasteiger partial charge is 0.0981 e. The van der Waals surface area contributed by atoms with Gasteiger partial charge in [0, 0.05) is 16.9 Å². The number of hydrogen-bond acceptors (Lipinski definition) is 5. The third-order valence-electron chi connectivity index (χ3n) is 3.10. The molecule has 3 N–H and O–H groups in total. The van der Waals surface area contributed by atoms with Gasteiger partial charge in [0.05, 0.1) is 35.6 Å². The summed E-state index contributed by atoms with van der Waals surface area (Å²) < 4.78 is 7.99. The number of nitrogens with one attached hydrogen (secondary N) is 1. The first-order valence-electron chi connectivity index (χ1n) is 6.46. The molecule has 5 nitrogen and oxygen atoms in total. The number of nitrogens with zero attached hydrogens (tertiary/aromatic N) is 2. The molecule has 0 aliphatic carbocycles. The van der Waals surface area contributed by atoms with Gasteiger partial charge in [-0.3, -0.25) is 10.5 Å². The Hall–Kier alpha value is -0.730. The molecule has 20 heavy (non-hydrogen) atoms. The van der Waals surface area contributed by atoms with E-state index < -0.39 is 0 Å². The average molecular weight is 359 g/mol. The van der Waals surface area contributed by atoms with Crippen molar-refractivity contribution in [2.75, 3.05) is 13.7 Å². The minimum atomic E-state index is -0.0750. The maximum atomic E-state index is 5.78. The van der Waals surface area contributed by atoms with Crippen LogP contribution >= 0.6 is 27.3 Å². The summed E-state index contributed by atoms with van der Waals surface area (Å²) in [6.07, 6.45) is 2.83. The molecule has 0 radical (unpaired) electrons. The number of hydrogen-bond donors (Lipinski definition) is 2. The fourth-order valence-electron chi connectivity index (χ4n) is 2.05. The van der Waals surface area contributed by atoms with Crippen LogP contribution in [-0.4, -0.2) is 23.5 Å². The highest BCUT2D eigenvalue weighted by Crippen LogP contribution is 2.32. The molecule has 110 valence electrons. The highest BCUT2D eigenvalue weighted by molar-refractivity contribution is 9.10. The highest BCUT2D eigenvalue weighted by Gasteiger charge is 2.22. The second-order valence-corrected chi connectivity index (χ2v) is 6.41. The van der Waals surface area contributed by atoms with Gasteiger partial charge in [-0.25, -0.2) is 5.43 Å². The Bertz CT molecular complexity index is 554. The van der Waals surface area contributed by atoms with E-state index in [9.17, 15) is 0 Å². The molecular formula is C13H19BrN4OS. The average Bonchev–Trinajstić information content (AvgIpc) is 3.06. The van der Waals surface area contributed by atoms with Gasteiger partial charge >= 0.3 is 0 Å². The van der Waals surface area contributed by atoms with Crippen molar-refractivity contribution in [1.82, 2.24) is 15.2 Å². The van der Waals surface area contributed by atoms with Crippen molar-refractivity contribution in [2.24, 2.45) is 5.84 Å². The summed E-state index contributed by atoms with van der Waals surface area (Å²) >= 11 is 5.33. The fourth-order valence-corrected chi connectivity index (χ4v) is 3.59. The van der Waals surface area contributed by atoms with Crippen molar-refractivity contribution in [3.8, 4) is 0 Å². The second-order valence-electron chi connectivity index (χ2n) is 4.35. The lowest BCUT2D eigenvalue weighted by atomic mass is 10.2. The van der Waals surface area contributed by atoms with E-state index in [-0.39, 0.29) is 6.04 Å². The first kappa shape index (κ1) is 15.7. The molecule has 0 spiro atoms. The van der Waals surface area contributed by atoms with Crippen molar-refractivity contribution in [3.05, 3.63) is 38.3 Å². The van der Waals surface area contributed by atoms with Gasteiger partial charge < -0.3 is 4.74 Å². The summed E-state index contributed by atoms with van der Waals surface area (Å²) in [6, 6.07) is 4.19. The summed E-state index contributed by atoms with van der Waals surface area (Å²) in [7, 11) is 1.68. The van der Waals surface area contributed by atoms with Crippen molar-refractivity contribution in [3.63, 3.8) is 0 Å². The molecule has 0 aromatic carbocycles. The zero-order chi connectivity index (χ0) is 14.5. The molecule has 0 amide bonds. The molecule has 0 saturated carbocycles. The van der Waals surface area contributed by atoms with E-state index in [1.165, 1.54) is 9.75 Å². The maximum absolute atomic E-state index is 5.78. The standard InChI is InChI=1S/C13H19BrN4OS/c1-3-9-4-5-11(20-9)12(17-15)13-10(14)8-16-18(13)6-7-19-2/h4-5,8,12,17H,3,6-7,15H2,1-2H3. The summed E-state index contributed by atoms with van der Waals surface area (Å²) in [4.78, 5) is 2.53. The van der Waals surface area contributed by atoms with Gasteiger partial charge in [0.25, 0.3) is 0 Å². The number of ether oxygens (including phenoxy) is 1. The predicted molar refractivity (Wildman–Crippen MR) is 84.7 cm³/mol. The summed E-state index contributed by atoms with van der Waals surface area (Å²) in [5.74, 6) is 5.78. The Kier molecular flexibility index (Phi) is 5.74. The molecule has 7 heteroatoms. The van der Waals surface area contributed by atoms with E-state index in [0.29, 0.717) is 13.2 Å². The van der Waals surface area contributed by atoms with E-state index in [4.69, 9.17) is 10.6 Å². The van der Waals surface area contributed by atoms with Gasteiger partial charge in [0.2, 0.25) is 0 Å². The number of halogens is 1. The van der Waals surface area contributed by atoms with Gasteiger partial charge in [-0.05, 0) is 34.5 Å². The topological polar surface area (TPSA) is 65.1 Å². The van der Waals surface area contributed by atoms with Crippen LogP contribution in [0.3, 0.4) is 0 Å². The summed E-state index contributed by atoms with van der Waals surface area (Å²) in [6.45, 7) is 3.46. The quantitative estimate of drug-likeness (QED) is 0.589. The number of nitrogens with two attached hydrogens (primary N) is 1. The van der Waals surface area contributed by atoms with Gasteiger partial charge in [-0.15, -0.1) is 11.3 Å². The van der Waals surface area contributed by atoms with Crippen LogP contribution in [0.25, 0.3) is 0 Å². The Labute approximate surface area is 131 Å². The van der Waals surface area contributed by atoms with Crippen molar-refractivity contribution >= 4 is 27.3 Å². The molecule has 0 fully saturated rings. The lowest BCUT2D eigenvalue weighted by Gasteiger charge is -2.17. The van der Waals surface area contributed by atoms with Gasteiger partial charge in [0.15, 0.2) is 0 Å². The Morgan fingerprint density at radius 2 is 2.35 bits per heavy atom. The molecule has 2 rings (SSSR count). The van der Waals surface area contributed by atoms with E-state index >= 15 is 0 Å². The lowest BCUT2D eigenvalue weighted by Crippen LogP contribution is -2.30. The van der Waals surface area contributed by atoms with Crippen molar-refractivity contribution in [2.45, 2.75) is 25.9 Å². The molecule has 0 aliphatic heterocycles. The highest BCUT2D eigenvalue weighted by atomic mass is 79.9. The molecule has 2 aromatic heterocycles.